The van der Waals surface area contributed by atoms with Crippen LogP contribution in [0.1, 0.15) is 41.4 Å². The van der Waals surface area contributed by atoms with Crippen LogP contribution < -0.4 is 18.9 Å². The highest BCUT2D eigenvalue weighted by atomic mass is 16.6. The van der Waals surface area contributed by atoms with Crippen LogP contribution in [0, 0.1) is 20.2 Å². The number of methoxy groups -OCH3 is 2. The Morgan fingerprint density at radius 2 is 1.13 bits per heavy atom. The molecular weight excluding hydrogens is 578 g/mol. The molecule has 0 radical (unpaired) electrons. The van der Waals surface area contributed by atoms with Crippen molar-refractivity contribution in [3.05, 3.63) is 127 Å². The molecule has 11 nitrogen and oxygen atoms in total. The van der Waals surface area contributed by atoms with Gasteiger partial charge in [0, 0.05) is 62.8 Å². The van der Waals surface area contributed by atoms with Gasteiger partial charge in [0.1, 0.15) is 23.0 Å². The second-order valence-corrected chi connectivity index (χ2v) is 10.8. The normalized spacial score (nSPS) is 17.0. The molecular formula is C34H27N3O8. The molecule has 2 aliphatic rings. The maximum Gasteiger partial charge on any atom is 0.291 e. The number of ether oxygens (including phenoxy) is 4. The monoisotopic (exact) mass is 605 g/mol. The van der Waals surface area contributed by atoms with Crippen LogP contribution in [0.25, 0.3) is 34.0 Å². The molecule has 11 heteroatoms. The van der Waals surface area contributed by atoms with E-state index in [-0.39, 0.29) is 11.4 Å². The van der Waals surface area contributed by atoms with Crippen molar-refractivity contribution < 1.29 is 28.8 Å². The molecule has 4 aromatic carbocycles. The fourth-order valence-corrected chi connectivity index (χ4v) is 6.17. The molecule has 0 spiro atoms. The predicted molar refractivity (Wildman–Crippen MR) is 168 cm³/mol. The van der Waals surface area contributed by atoms with E-state index in [1.165, 1.54) is 26.4 Å². The Labute approximate surface area is 256 Å². The minimum atomic E-state index is -0.951. The van der Waals surface area contributed by atoms with Crippen molar-refractivity contribution in [2.24, 2.45) is 0 Å². The fraction of sp³-hybridized carbons (Fsp3) is 0.176. The number of hydrogen-bond acceptors (Lipinski definition) is 8. The zero-order valence-electron chi connectivity index (χ0n) is 24.6. The van der Waals surface area contributed by atoms with Crippen LogP contribution in [0.3, 0.4) is 0 Å². The Bertz CT molecular complexity index is 1970. The van der Waals surface area contributed by atoms with Gasteiger partial charge in [0.25, 0.3) is 11.4 Å². The maximum absolute atomic E-state index is 12.2. The van der Waals surface area contributed by atoms with Crippen molar-refractivity contribution in [3.63, 3.8) is 0 Å². The van der Waals surface area contributed by atoms with Crippen molar-refractivity contribution in [2.75, 3.05) is 14.2 Å². The second-order valence-electron chi connectivity index (χ2n) is 10.8. The van der Waals surface area contributed by atoms with Gasteiger partial charge in [-0.25, -0.2) is 0 Å². The topological polar surface area (TPSA) is 128 Å². The highest BCUT2D eigenvalue weighted by Crippen LogP contribution is 2.43. The lowest BCUT2D eigenvalue weighted by atomic mass is 9.97. The van der Waals surface area contributed by atoms with E-state index in [4.69, 9.17) is 18.9 Å². The number of aryl methyl sites for hydroxylation is 1. The minimum absolute atomic E-state index is 0.0957. The molecule has 1 aromatic heterocycles. The summed E-state index contributed by atoms with van der Waals surface area (Å²) in [5, 5.41) is 26.1. The Morgan fingerprint density at radius 1 is 0.689 bits per heavy atom. The van der Waals surface area contributed by atoms with Gasteiger partial charge < -0.3 is 23.5 Å². The third-order valence-corrected chi connectivity index (χ3v) is 8.32. The Kier molecular flexibility index (Phi) is 6.65. The minimum Gasteiger partial charge on any atom is -0.497 e. The van der Waals surface area contributed by atoms with Gasteiger partial charge in [0.2, 0.25) is 12.2 Å². The van der Waals surface area contributed by atoms with Gasteiger partial charge in [-0.2, -0.15) is 0 Å². The standard InChI is InChI=1S/C34H27N3O8/c1-4-35-27-9-5-19(33-29(36(38)39)17-21-13-23(42-2)7-11-31(21)44-33)15-25(27)26-16-20(6-10-28(26)35)34-30(37(40)41)18-22-14-24(43-3)8-12-32(22)45-34/h5-18,33-34H,4H2,1-3H3. The third-order valence-electron chi connectivity index (χ3n) is 8.32. The molecule has 0 fully saturated rings. The number of benzene rings is 4. The number of hydrogen-bond donors (Lipinski definition) is 0. The van der Waals surface area contributed by atoms with Crippen LogP contribution in [-0.2, 0) is 6.54 Å². The zero-order valence-corrected chi connectivity index (χ0v) is 24.6. The average molecular weight is 606 g/mol. The lowest BCUT2D eigenvalue weighted by Crippen LogP contribution is -2.20. The molecule has 0 amide bonds. The van der Waals surface area contributed by atoms with Gasteiger partial charge in [0.15, 0.2) is 0 Å². The van der Waals surface area contributed by atoms with Crippen molar-refractivity contribution in [1.29, 1.82) is 0 Å². The van der Waals surface area contributed by atoms with Crippen LogP contribution in [-0.4, -0.2) is 28.6 Å². The van der Waals surface area contributed by atoms with Crippen LogP contribution in [0.15, 0.2) is 84.2 Å². The number of nitrogens with zero attached hydrogens (tertiary/aromatic N) is 3. The van der Waals surface area contributed by atoms with Crippen molar-refractivity contribution in [1.82, 2.24) is 4.57 Å². The highest BCUT2D eigenvalue weighted by molar-refractivity contribution is 6.08. The number of rotatable bonds is 7. The van der Waals surface area contributed by atoms with Crippen LogP contribution >= 0.6 is 0 Å². The van der Waals surface area contributed by atoms with E-state index in [1.807, 2.05) is 43.3 Å². The summed E-state index contributed by atoms with van der Waals surface area (Å²) in [6, 6.07) is 21.7. The number of nitro groups is 2. The molecule has 5 aromatic rings. The van der Waals surface area contributed by atoms with Gasteiger partial charge in [0.05, 0.1) is 24.1 Å². The van der Waals surface area contributed by atoms with Gasteiger partial charge in [-0.3, -0.25) is 20.2 Å². The molecule has 0 saturated carbocycles. The van der Waals surface area contributed by atoms with Crippen LogP contribution in [0.4, 0.5) is 0 Å². The molecule has 2 unspecified atom stereocenters. The van der Waals surface area contributed by atoms with Crippen LogP contribution in [0.2, 0.25) is 0 Å². The summed E-state index contributed by atoms with van der Waals surface area (Å²) in [6.45, 7) is 2.70. The third kappa shape index (κ3) is 4.60. The molecule has 3 heterocycles. The van der Waals surface area contributed by atoms with Crippen molar-refractivity contribution >= 4 is 34.0 Å². The first-order chi connectivity index (χ1) is 21.8. The highest BCUT2D eigenvalue weighted by Gasteiger charge is 2.35. The molecule has 0 saturated heterocycles. The first-order valence-electron chi connectivity index (χ1n) is 14.3. The Balaban J connectivity index is 1.35. The van der Waals surface area contributed by atoms with Gasteiger partial charge in [-0.1, -0.05) is 12.1 Å². The molecule has 226 valence electrons. The quantitative estimate of drug-likeness (QED) is 0.139. The van der Waals surface area contributed by atoms with E-state index in [0.717, 1.165) is 21.8 Å². The summed E-state index contributed by atoms with van der Waals surface area (Å²) in [4.78, 5) is 23.5. The van der Waals surface area contributed by atoms with Crippen molar-refractivity contribution in [2.45, 2.75) is 25.7 Å². The Morgan fingerprint density at radius 3 is 1.51 bits per heavy atom. The van der Waals surface area contributed by atoms with Crippen molar-refractivity contribution in [3.8, 4) is 23.0 Å². The molecule has 2 atom stereocenters. The smallest absolute Gasteiger partial charge is 0.291 e. The maximum atomic E-state index is 12.2. The second kappa shape index (κ2) is 10.7. The SMILES string of the molecule is CCn1c2ccc(C3Oc4ccc(OC)cc4C=C3[N+](=O)[O-])cc2c2cc(C3Oc4ccc(OC)cc4C=C3[N+](=O)[O-])ccc21. The first kappa shape index (κ1) is 28.0. The molecule has 7 rings (SSSR count). The van der Waals surface area contributed by atoms with E-state index < -0.39 is 22.1 Å². The lowest BCUT2D eigenvalue weighted by Gasteiger charge is -2.23. The zero-order chi connectivity index (χ0) is 31.4. The van der Waals surface area contributed by atoms with Gasteiger partial charge in [-0.15, -0.1) is 0 Å². The van der Waals surface area contributed by atoms with E-state index in [2.05, 4.69) is 4.57 Å². The molecule has 45 heavy (non-hydrogen) atoms. The summed E-state index contributed by atoms with van der Waals surface area (Å²) in [7, 11) is 3.07. The van der Waals surface area contributed by atoms with E-state index in [0.29, 0.717) is 51.8 Å². The van der Waals surface area contributed by atoms with E-state index >= 15 is 0 Å². The van der Waals surface area contributed by atoms with Gasteiger partial charge in [-0.05, 0) is 67.6 Å². The molecule has 0 bridgehead atoms. The largest absolute Gasteiger partial charge is 0.497 e. The predicted octanol–water partition coefficient (Wildman–Crippen LogP) is 7.33. The average Bonchev–Trinajstić information content (AvgIpc) is 3.38. The number of fused-ring (bicyclic) bond motifs is 5. The van der Waals surface area contributed by atoms with E-state index in [9.17, 15) is 20.2 Å². The summed E-state index contributed by atoms with van der Waals surface area (Å²) >= 11 is 0. The van der Waals surface area contributed by atoms with E-state index in [1.54, 1.807) is 36.4 Å². The molecule has 0 N–H and O–H groups in total. The lowest BCUT2D eigenvalue weighted by molar-refractivity contribution is -0.434. The summed E-state index contributed by atoms with van der Waals surface area (Å²) in [6.07, 6.45) is 1.13. The van der Waals surface area contributed by atoms with Gasteiger partial charge >= 0.3 is 0 Å². The number of aromatic nitrogens is 1. The summed E-state index contributed by atoms with van der Waals surface area (Å²) in [5.41, 5.74) is 4.00. The molecule has 0 aliphatic carbocycles. The fourth-order valence-electron chi connectivity index (χ4n) is 6.17. The van der Waals surface area contributed by atoms with Crippen LogP contribution in [0.5, 0.6) is 23.0 Å². The summed E-state index contributed by atoms with van der Waals surface area (Å²) < 4.78 is 25.1. The Hall–Kier alpha value is -5.84. The molecule has 2 aliphatic heterocycles. The first-order valence-corrected chi connectivity index (χ1v) is 14.3. The summed E-state index contributed by atoms with van der Waals surface area (Å²) in [5.74, 6) is 2.16.